The summed E-state index contributed by atoms with van der Waals surface area (Å²) in [5, 5.41) is 11.8. The van der Waals surface area contributed by atoms with E-state index in [-0.39, 0.29) is 12.0 Å². The van der Waals surface area contributed by atoms with Gasteiger partial charge in [0.1, 0.15) is 5.82 Å². The van der Waals surface area contributed by atoms with Crippen molar-refractivity contribution in [2.45, 2.75) is 32.6 Å². The van der Waals surface area contributed by atoms with Crippen LogP contribution in [-0.2, 0) is 5.41 Å². The molecule has 0 saturated carbocycles. The second-order valence-corrected chi connectivity index (χ2v) is 8.91. The predicted octanol–water partition coefficient (Wildman–Crippen LogP) is 4.70. The van der Waals surface area contributed by atoms with E-state index in [9.17, 15) is 5.11 Å². The van der Waals surface area contributed by atoms with Crippen LogP contribution in [0.25, 0.3) is 22.0 Å². The van der Waals surface area contributed by atoms with Gasteiger partial charge in [-0.15, -0.1) is 0 Å². The van der Waals surface area contributed by atoms with Crippen LogP contribution in [0, 0.1) is 0 Å². The lowest BCUT2D eigenvalue weighted by atomic mass is 9.81. The minimum atomic E-state index is -0.0335. The molecule has 2 heterocycles. The number of likely N-dealkylation sites (N-methyl/N-ethyl adjacent to an activating group) is 1. The SMILES string of the molecule is CCN1CCN(c2nc(-c3ccc(C(C)(C)CCO)cc3)cc3ccccc23)CC1. The Morgan fingerprint density at radius 1 is 0.967 bits per heavy atom. The van der Waals surface area contributed by atoms with Crippen molar-refractivity contribution in [1.29, 1.82) is 0 Å². The molecule has 3 aromatic rings. The highest BCUT2D eigenvalue weighted by molar-refractivity contribution is 5.95. The van der Waals surface area contributed by atoms with Crippen molar-refractivity contribution in [1.82, 2.24) is 9.88 Å². The van der Waals surface area contributed by atoms with Gasteiger partial charge in [0, 0.05) is 43.7 Å². The van der Waals surface area contributed by atoms with Crippen LogP contribution in [-0.4, -0.2) is 54.3 Å². The molecule has 4 nitrogen and oxygen atoms in total. The first-order valence-electron chi connectivity index (χ1n) is 11.1. The average molecular weight is 404 g/mol. The van der Waals surface area contributed by atoms with Gasteiger partial charge in [-0.3, -0.25) is 0 Å². The summed E-state index contributed by atoms with van der Waals surface area (Å²) in [6.45, 7) is 12.1. The minimum Gasteiger partial charge on any atom is -0.396 e. The van der Waals surface area contributed by atoms with Crippen molar-refractivity contribution in [2.24, 2.45) is 0 Å². The molecular weight excluding hydrogens is 370 g/mol. The van der Waals surface area contributed by atoms with Gasteiger partial charge >= 0.3 is 0 Å². The first-order chi connectivity index (χ1) is 14.5. The second kappa shape index (κ2) is 8.75. The zero-order valence-corrected chi connectivity index (χ0v) is 18.4. The molecule has 1 aliphatic rings. The molecule has 1 fully saturated rings. The molecular formula is C26H33N3O. The molecule has 4 heteroatoms. The molecule has 1 aliphatic heterocycles. The summed E-state index contributed by atoms with van der Waals surface area (Å²) in [6, 6.07) is 19.5. The molecule has 0 spiro atoms. The van der Waals surface area contributed by atoms with Gasteiger partial charge in [0.05, 0.1) is 5.69 Å². The molecule has 1 N–H and O–H groups in total. The van der Waals surface area contributed by atoms with Gasteiger partial charge in [-0.2, -0.15) is 0 Å². The maximum Gasteiger partial charge on any atom is 0.137 e. The number of hydrogen-bond donors (Lipinski definition) is 1. The third-order valence-electron chi connectivity index (χ3n) is 6.54. The Bertz CT molecular complexity index is 989. The Morgan fingerprint density at radius 2 is 1.67 bits per heavy atom. The average Bonchev–Trinajstić information content (AvgIpc) is 2.78. The standard InChI is InChI=1S/C26H33N3O/c1-4-28-14-16-29(17-15-28)25-23-8-6-5-7-21(23)19-24(27-25)20-9-11-22(12-10-20)26(2,3)13-18-30/h5-12,19,30H,4,13-18H2,1-3H3. The fourth-order valence-electron chi connectivity index (χ4n) is 4.36. The highest BCUT2D eigenvalue weighted by atomic mass is 16.3. The number of rotatable bonds is 6. The molecule has 2 aromatic carbocycles. The highest BCUT2D eigenvalue weighted by Crippen LogP contribution is 2.32. The van der Waals surface area contributed by atoms with E-state index in [2.05, 4.69) is 85.2 Å². The molecule has 1 saturated heterocycles. The van der Waals surface area contributed by atoms with Crippen LogP contribution < -0.4 is 4.90 Å². The number of benzene rings is 2. The number of aromatic nitrogens is 1. The first kappa shape index (κ1) is 20.8. The third kappa shape index (κ3) is 4.21. The topological polar surface area (TPSA) is 39.6 Å². The molecule has 0 bridgehead atoms. The van der Waals surface area contributed by atoms with E-state index in [1.165, 1.54) is 16.3 Å². The summed E-state index contributed by atoms with van der Waals surface area (Å²) in [5.74, 6) is 1.10. The minimum absolute atomic E-state index is 0.0335. The van der Waals surface area contributed by atoms with Crippen molar-refractivity contribution >= 4 is 16.6 Å². The monoisotopic (exact) mass is 403 g/mol. The van der Waals surface area contributed by atoms with Crippen LogP contribution in [0.5, 0.6) is 0 Å². The molecule has 4 rings (SSSR count). The Kier molecular flexibility index (Phi) is 6.07. The smallest absolute Gasteiger partial charge is 0.137 e. The van der Waals surface area contributed by atoms with Crippen LogP contribution in [0.1, 0.15) is 32.8 Å². The normalized spacial score (nSPS) is 15.7. The number of fused-ring (bicyclic) bond motifs is 1. The molecule has 0 aliphatic carbocycles. The van der Waals surface area contributed by atoms with Gasteiger partial charge in [-0.25, -0.2) is 4.98 Å². The van der Waals surface area contributed by atoms with Crippen LogP contribution in [0.2, 0.25) is 0 Å². The zero-order chi connectivity index (χ0) is 21.1. The van der Waals surface area contributed by atoms with Crippen LogP contribution in [0.15, 0.2) is 54.6 Å². The van der Waals surface area contributed by atoms with Crippen LogP contribution in [0.4, 0.5) is 5.82 Å². The summed E-state index contributed by atoms with van der Waals surface area (Å²) < 4.78 is 0. The van der Waals surface area contributed by atoms with Gasteiger partial charge in [-0.05, 0) is 35.4 Å². The van der Waals surface area contributed by atoms with E-state index in [0.717, 1.165) is 56.2 Å². The zero-order valence-electron chi connectivity index (χ0n) is 18.4. The van der Waals surface area contributed by atoms with Crippen molar-refractivity contribution in [3.05, 3.63) is 60.2 Å². The lowest BCUT2D eigenvalue weighted by molar-refractivity contribution is 0.252. The number of anilines is 1. The highest BCUT2D eigenvalue weighted by Gasteiger charge is 2.21. The largest absolute Gasteiger partial charge is 0.396 e. The van der Waals surface area contributed by atoms with Gasteiger partial charge in [0.15, 0.2) is 0 Å². The third-order valence-corrected chi connectivity index (χ3v) is 6.54. The maximum atomic E-state index is 9.37. The van der Waals surface area contributed by atoms with E-state index in [0.29, 0.717) is 0 Å². The van der Waals surface area contributed by atoms with Gasteiger partial charge in [0.25, 0.3) is 0 Å². The first-order valence-corrected chi connectivity index (χ1v) is 11.1. The van der Waals surface area contributed by atoms with Crippen molar-refractivity contribution in [3.63, 3.8) is 0 Å². The second-order valence-electron chi connectivity index (χ2n) is 8.91. The molecule has 30 heavy (non-hydrogen) atoms. The molecule has 0 radical (unpaired) electrons. The number of piperazine rings is 1. The van der Waals surface area contributed by atoms with Crippen LogP contribution >= 0.6 is 0 Å². The summed E-state index contributed by atoms with van der Waals surface area (Å²) in [7, 11) is 0. The Morgan fingerprint density at radius 3 is 2.33 bits per heavy atom. The molecule has 1 aromatic heterocycles. The Labute approximate surface area is 180 Å². The number of pyridine rings is 1. The van der Waals surface area contributed by atoms with E-state index in [1.54, 1.807) is 0 Å². The number of hydrogen-bond acceptors (Lipinski definition) is 4. The van der Waals surface area contributed by atoms with Crippen molar-refractivity contribution in [2.75, 3.05) is 44.2 Å². The Hall–Kier alpha value is -2.43. The number of aliphatic hydroxyl groups is 1. The van der Waals surface area contributed by atoms with Gasteiger partial charge < -0.3 is 14.9 Å². The van der Waals surface area contributed by atoms with E-state index >= 15 is 0 Å². The lowest BCUT2D eigenvalue weighted by Crippen LogP contribution is -2.46. The van der Waals surface area contributed by atoms with Crippen molar-refractivity contribution < 1.29 is 5.11 Å². The van der Waals surface area contributed by atoms with Gasteiger partial charge in [-0.1, -0.05) is 69.3 Å². The summed E-state index contributed by atoms with van der Waals surface area (Å²) in [4.78, 5) is 10.1. The molecule has 0 atom stereocenters. The van der Waals surface area contributed by atoms with E-state index in [4.69, 9.17) is 4.98 Å². The number of aliphatic hydroxyl groups excluding tert-OH is 1. The van der Waals surface area contributed by atoms with Crippen LogP contribution in [0.3, 0.4) is 0 Å². The molecule has 158 valence electrons. The number of nitrogens with zero attached hydrogens (tertiary/aromatic N) is 3. The molecule has 0 unspecified atom stereocenters. The van der Waals surface area contributed by atoms with E-state index < -0.39 is 0 Å². The Balaban J connectivity index is 1.70. The van der Waals surface area contributed by atoms with E-state index in [1.807, 2.05) is 0 Å². The quantitative estimate of drug-likeness (QED) is 0.647. The lowest BCUT2D eigenvalue weighted by Gasteiger charge is -2.35. The fourth-order valence-corrected chi connectivity index (χ4v) is 4.36. The summed E-state index contributed by atoms with van der Waals surface area (Å²) >= 11 is 0. The van der Waals surface area contributed by atoms with Gasteiger partial charge in [0.2, 0.25) is 0 Å². The summed E-state index contributed by atoms with van der Waals surface area (Å²) in [6.07, 6.45) is 0.758. The molecule has 0 amide bonds. The van der Waals surface area contributed by atoms with Crippen molar-refractivity contribution in [3.8, 4) is 11.3 Å². The maximum absolute atomic E-state index is 9.37. The summed E-state index contributed by atoms with van der Waals surface area (Å²) in [5.41, 5.74) is 3.37. The predicted molar refractivity (Wildman–Crippen MR) is 126 cm³/mol. The fraction of sp³-hybridized carbons (Fsp3) is 0.423.